The van der Waals surface area contributed by atoms with Gasteiger partial charge in [0.05, 0.1) is 11.6 Å². The Bertz CT molecular complexity index is 431. The van der Waals surface area contributed by atoms with Gasteiger partial charge in [-0.05, 0) is 17.5 Å². The second-order valence-corrected chi connectivity index (χ2v) is 2.30. The molecule has 0 aliphatic carbocycles. The molecule has 2 N–H and O–H groups in total. The Morgan fingerprint density at radius 2 is 1.77 bits per heavy atom. The van der Waals surface area contributed by atoms with Crippen molar-refractivity contribution in [3.63, 3.8) is 0 Å². The van der Waals surface area contributed by atoms with Crippen molar-refractivity contribution < 1.29 is 9.89 Å². The molecule has 0 fully saturated rings. The molecule has 13 heavy (non-hydrogen) atoms. The van der Waals surface area contributed by atoms with Crippen LogP contribution in [0.25, 0.3) is 10.8 Å². The summed E-state index contributed by atoms with van der Waals surface area (Å²) in [5.74, 6) is 0. The zero-order chi connectivity index (χ0) is 7.68. The SMILES string of the molecule is Cl.O.O=c1occc2ccccc12. The van der Waals surface area contributed by atoms with Gasteiger partial charge in [-0.2, -0.15) is 0 Å². The van der Waals surface area contributed by atoms with Gasteiger partial charge in [-0.15, -0.1) is 12.4 Å². The van der Waals surface area contributed by atoms with Gasteiger partial charge in [0.25, 0.3) is 0 Å². The Labute approximate surface area is 80.7 Å². The first-order valence-electron chi connectivity index (χ1n) is 3.34. The minimum absolute atomic E-state index is 0. The van der Waals surface area contributed by atoms with Gasteiger partial charge in [0.2, 0.25) is 0 Å². The molecule has 0 aliphatic heterocycles. The summed E-state index contributed by atoms with van der Waals surface area (Å²) in [6, 6.07) is 9.12. The van der Waals surface area contributed by atoms with Crippen LogP contribution in [0.4, 0.5) is 0 Å². The topological polar surface area (TPSA) is 61.7 Å². The average molecular weight is 201 g/mol. The fourth-order valence-corrected chi connectivity index (χ4v) is 1.06. The molecule has 4 heteroatoms. The molecule has 0 saturated heterocycles. The van der Waals surface area contributed by atoms with E-state index in [1.165, 1.54) is 6.26 Å². The van der Waals surface area contributed by atoms with E-state index in [1.54, 1.807) is 12.1 Å². The molecule has 0 spiro atoms. The van der Waals surface area contributed by atoms with Gasteiger partial charge < -0.3 is 9.89 Å². The second-order valence-electron chi connectivity index (χ2n) is 2.30. The summed E-state index contributed by atoms with van der Waals surface area (Å²) in [5.41, 5.74) is -0.275. The van der Waals surface area contributed by atoms with Crippen molar-refractivity contribution in [2.45, 2.75) is 0 Å². The van der Waals surface area contributed by atoms with Crippen LogP contribution in [0.2, 0.25) is 0 Å². The van der Waals surface area contributed by atoms with E-state index in [-0.39, 0.29) is 23.5 Å². The monoisotopic (exact) mass is 200 g/mol. The summed E-state index contributed by atoms with van der Waals surface area (Å²) >= 11 is 0. The Morgan fingerprint density at radius 3 is 2.46 bits per heavy atom. The third kappa shape index (κ3) is 2.08. The minimum Gasteiger partial charge on any atom is -0.431 e. The maximum atomic E-state index is 11.0. The number of halogens is 1. The van der Waals surface area contributed by atoms with Crippen molar-refractivity contribution in [1.82, 2.24) is 0 Å². The Kier molecular flexibility index (Phi) is 4.17. The third-order valence-electron chi connectivity index (χ3n) is 1.60. The summed E-state index contributed by atoms with van der Waals surface area (Å²) in [7, 11) is 0. The molecule has 0 bridgehead atoms. The molecule has 0 saturated carbocycles. The van der Waals surface area contributed by atoms with Crippen molar-refractivity contribution in [2.24, 2.45) is 0 Å². The van der Waals surface area contributed by atoms with E-state index in [1.807, 2.05) is 18.2 Å². The lowest BCUT2D eigenvalue weighted by molar-refractivity contribution is 0.519. The van der Waals surface area contributed by atoms with E-state index in [0.717, 1.165) is 5.39 Å². The maximum absolute atomic E-state index is 11.0. The van der Waals surface area contributed by atoms with Crippen LogP contribution >= 0.6 is 12.4 Å². The van der Waals surface area contributed by atoms with Crippen molar-refractivity contribution in [1.29, 1.82) is 0 Å². The second kappa shape index (κ2) is 4.64. The average Bonchev–Trinajstić information content (AvgIpc) is 2.06. The first kappa shape index (κ1) is 11.7. The van der Waals surface area contributed by atoms with Crippen LogP contribution in [-0.4, -0.2) is 5.48 Å². The molecule has 3 nitrogen and oxygen atoms in total. The zero-order valence-electron chi connectivity index (χ0n) is 6.69. The van der Waals surface area contributed by atoms with Crippen LogP contribution in [0.1, 0.15) is 0 Å². The zero-order valence-corrected chi connectivity index (χ0v) is 7.51. The molecule has 70 valence electrons. The van der Waals surface area contributed by atoms with E-state index >= 15 is 0 Å². The molecule has 2 rings (SSSR count). The fraction of sp³-hybridized carbons (Fsp3) is 0. The van der Waals surface area contributed by atoms with E-state index in [0.29, 0.717) is 5.39 Å². The van der Waals surface area contributed by atoms with Gasteiger partial charge in [0, 0.05) is 0 Å². The van der Waals surface area contributed by atoms with Crippen LogP contribution in [0.3, 0.4) is 0 Å². The number of fused-ring (bicyclic) bond motifs is 1. The van der Waals surface area contributed by atoms with Crippen molar-refractivity contribution >= 4 is 23.2 Å². The Morgan fingerprint density at radius 1 is 1.08 bits per heavy atom. The summed E-state index contributed by atoms with van der Waals surface area (Å²) in [4.78, 5) is 11.0. The molecule has 0 radical (unpaired) electrons. The first-order valence-corrected chi connectivity index (χ1v) is 3.34. The van der Waals surface area contributed by atoms with Crippen molar-refractivity contribution in [3.05, 3.63) is 47.0 Å². The summed E-state index contributed by atoms with van der Waals surface area (Å²) in [5, 5.41) is 1.55. The molecule has 0 aliphatic rings. The Balaban J connectivity index is 0.000000720. The maximum Gasteiger partial charge on any atom is 0.343 e. The van der Waals surface area contributed by atoms with E-state index in [9.17, 15) is 4.79 Å². The number of hydrogen-bond donors (Lipinski definition) is 0. The summed E-state index contributed by atoms with van der Waals surface area (Å²) in [6.07, 6.45) is 1.41. The fourth-order valence-electron chi connectivity index (χ4n) is 1.06. The molecular formula is C9H9ClO3. The van der Waals surface area contributed by atoms with Gasteiger partial charge in [-0.1, -0.05) is 18.2 Å². The number of hydrogen-bond acceptors (Lipinski definition) is 2. The minimum atomic E-state index is -0.275. The van der Waals surface area contributed by atoms with E-state index in [4.69, 9.17) is 0 Å². The highest BCUT2D eigenvalue weighted by atomic mass is 35.5. The van der Waals surface area contributed by atoms with Crippen LogP contribution in [0.15, 0.2) is 45.8 Å². The van der Waals surface area contributed by atoms with Crippen LogP contribution in [-0.2, 0) is 0 Å². The van der Waals surface area contributed by atoms with Crippen molar-refractivity contribution in [3.8, 4) is 0 Å². The molecular weight excluding hydrogens is 192 g/mol. The predicted octanol–water partition coefficient (Wildman–Crippen LogP) is 1.39. The molecule has 1 aromatic heterocycles. The lowest BCUT2D eigenvalue weighted by Gasteiger charge is -1.91. The van der Waals surface area contributed by atoms with Gasteiger partial charge in [-0.3, -0.25) is 0 Å². The van der Waals surface area contributed by atoms with Crippen LogP contribution in [0.5, 0.6) is 0 Å². The standard InChI is InChI=1S/C9H6O2.ClH.H2O/c10-9-8-4-2-1-3-7(8)5-6-11-9;;/h1-6H;1H;1H2. The highest BCUT2D eigenvalue weighted by Gasteiger charge is 1.94. The van der Waals surface area contributed by atoms with Crippen molar-refractivity contribution in [2.75, 3.05) is 0 Å². The van der Waals surface area contributed by atoms with Gasteiger partial charge in [0.15, 0.2) is 0 Å². The largest absolute Gasteiger partial charge is 0.431 e. The highest BCUT2D eigenvalue weighted by Crippen LogP contribution is 2.06. The third-order valence-corrected chi connectivity index (χ3v) is 1.60. The highest BCUT2D eigenvalue weighted by molar-refractivity contribution is 5.85. The molecule has 1 aromatic carbocycles. The quantitative estimate of drug-likeness (QED) is 0.645. The molecule has 1 heterocycles. The lowest BCUT2D eigenvalue weighted by Crippen LogP contribution is -1.96. The molecule has 0 unspecified atom stereocenters. The smallest absolute Gasteiger partial charge is 0.343 e. The summed E-state index contributed by atoms with van der Waals surface area (Å²) in [6.45, 7) is 0. The van der Waals surface area contributed by atoms with Gasteiger partial charge in [0.1, 0.15) is 0 Å². The normalized spacial score (nSPS) is 8.62. The number of rotatable bonds is 0. The molecule has 0 amide bonds. The van der Waals surface area contributed by atoms with Gasteiger partial charge >= 0.3 is 5.63 Å². The first-order chi connectivity index (χ1) is 5.38. The van der Waals surface area contributed by atoms with Crippen LogP contribution < -0.4 is 5.63 Å². The van der Waals surface area contributed by atoms with E-state index < -0.39 is 0 Å². The lowest BCUT2D eigenvalue weighted by atomic mass is 10.2. The number of benzene rings is 1. The Hall–Kier alpha value is -1.32. The van der Waals surface area contributed by atoms with Crippen LogP contribution in [0, 0.1) is 0 Å². The van der Waals surface area contributed by atoms with E-state index in [2.05, 4.69) is 4.42 Å². The summed E-state index contributed by atoms with van der Waals surface area (Å²) < 4.78 is 4.68. The van der Waals surface area contributed by atoms with Gasteiger partial charge in [-0.25, -0.2) is 4.79 Å². The predicted molar refractivity (Wildman–Crippen MR) is 53.3 cm³/mol. The molecule has 2 aromatic rings. The molecule has 0 atom stereocenters.